The van der Waals surface area contributed by atoms with Crippen LogP contribution in [0.3, 0.4) is 0 Å². The molecule has 0 atom stereocenters. The van der Waals surface area contributed by atoms with Gasteiger partial charge in [0, 0.05) is 5.69 Å². The van der Waals surface area contributed by atoms with Gasteiger partial charge in [-0.15, -0.1) is 11.3 Å². The minimum atomic E-state index is -3.79. The van der Waals surface area contributed by atoms with Crippen molar-refractivity contribution in [2.75, 3.05) is 10.0 Å². The molecule has 2 heterocycles. The Labute approximate surface area is 181 Å². The van der Waals surface area contributed by atoms with Gasteiger partial charge in [-0.25, -0.2) is 18.4 Å². The van der Waals surface area contributed by atoms with Gasteiger partial charge >= 0.3 is 0 Å². The van der Waals surface area contributed by atoms with E-state index in [1.54, 1.807) is 18.2 Å². The molecule has 0 saturated heterocycles. The van der Waals surface area contributed by atoms with Crippen LogP contribution in [-0.2, 0) is 16.4 Å². The minimum absolute atomic E-state index is 0.146. The number of hydrogen-bond acceptors (Lipinski definition) is 6. The molecule has 0 saturated carbocycles. The van der Waals surface area contributed by atoms with Crippen LogP contribution in [0, 0.1) is 0 Å². The normalized spacial score (nSPS) is 11.5. The number of thiophene rings is 1. The molecule has 2 N–H and O–H groups in total. The number of aromatic nitrogens is 2. The summed E-state index contributed by atoms with van der Waals surface area (Å²) in [4.78, 5) is 9.09. The lowest BCUT2D eigenvalue weighted by Gasteiger charge is -2.13. The van der Waals surface area contributed by atoms with Crippen LogP contribution in [-0.4, -0.2) is 18.4 Å². The van der Waals surface area contributed by atoms with Crippen molar-refractivity contribution in [3.63, 3.8) is 0 Å². The first-order valence-electron chi connectivity index (χ1n) is 8.85. The van der Waals surface area contributed by atoms with Gasteiger partial charge in [-0.3, -0.25) is 4.72 Å². The van der Waals surface area contributed by atoms with Crippen molar-refractivity contribution >= 4 is 65.6 Å². The van der Waals surface area contributed by atoms with Crippen LogP contribution in [0.4, 0.5) is 17.3 Å². The third kappa shape index (κ3) is 4.42. The second-order valence-electron chi connectivity index (χ2n) is 6.25. The zero-order chi connectivity index (χ0) is 20.4. The Morgan fingerprint density at radius 1 is 0.931 bits per heavy atom. The molecule has 0 aliphatic carbocycles. The second kappa shape index (κ2) is 8.10. The molecule has 0 fully saturated rings. The molecule has 2 aromatic heterocycles. The molecule has 6 nitrogen and oxygen atoms in total. The number of nitrogens with one attached hydrogen (secondary N) is 2. The van der Waals surface area contributed by atoms with Gasteiger partial charge in [-0.2, -0.15) is 0 Å². The van der Waals surface area contributed by atoms with E-state index >= 15 is 0 Å². The van der Waals surface area contributed by atoms with Crippen molar-refractivity contribution < 1.29 is 8.42 Å². The summed E-state index contributed by atoms with van der Waals surface area (Å²) < 4.78 is 29.1. The standard InChI is InChI=1S/C20H17BrN4O2S2/c1-2-13-7-9-14(10-8-13)22-19-20(24-16-6-4-3-5-15(16)23-19)25-29(26,27)18-12-11-17(21)28-18/h3-12H,2H2,1H3,(H,22,23)(H,24,25). The molecule has 2 aromatic carbocycles. The summed E-state index contributed by atoms with van der Waals surface area (Å²) in [5.41, 5.74) is 3.28. The van der Waals surface area contributed by atoms with Crippen molar-refractivity contribution in [2.45, 2.75) is 17.6 Å². The van der Waals surface area contributed by atoms with E-state index in [1.165, 1.54) is 5.56 Å². The predicted molar refractivity (Wildman–Crippen MR) is 121 cm³/mol. The smallest absolute Gasteiger partial charge is 0.272 e. The molecule has 148 valence electrons. The average Bonchev–Trinajstić information content (AvgIpc) is 3.16. The van der Waals surface area contributed by atoms with E-state index < -0.39 is 10.0 Å². The van der Waals surface area contributed by atoms with Gasteiger partial charge in [-0.1, -0.05) is 31.2 Å². The van der Waals surface area contributed by atoms with Crippen LogP contribution < -0.4 is 10.0 Å². The number of para-hydroxylation sites is 2. The monoisotopic (exact) mass is 488 g/mol. The molecule has 0 amide bonds. The fraction of sp³-hybridized carbons (Fsp3) is 0.100. The van der Waals surface area contributed by atoms with E-state index in [-0.39, 0.29) is 10.0 Å². The van der Waals surface area contributed by atoms with Crippen LogP contribution in [0.2, 0.25) is 0 Å². The van der Waals surface area contributed by atoms with Crippen molar-refractivity contribution in [2.24, 2.45) is 0 Å². The summed E-state index contributed by atoms with van der Waals surface area (Å²) in [5, 5.41) is 3.19. The number of hydrogen-bond donors (Lipinski definition) is 2. The van der Waals surface area contributed by atoms with Gasteiger partial charge in [0.2, 0.25) is 0 Å². The quantitative estimate of drug-likeness (QED) is 0.371. The summed E-state index contributed by atoms with van der Waals surface area (Å²) in [5.74, 6) is 0.486. The van der Waals surface area contributed by atoms with E-state index in [1.807, 2.05) is 42.5 Å². The molecular formula is C20H17BrN4O2S2. The van der Waals surface area contributed by atoms with Crippen LogP contribution >= 0.6 is 27.3 Å². The van der Waals surface area contributed by atoms with Gasteiger partial charge in [0.1, 0.15) is 4.21 Å². The zero-order valence-corrected chi connectivity index (χ0v) is 18.6. The topological polar surface area (TPSA) is 84.0 Å². The fourth-order valence-corrected chi connectivity index (χ4v) is 5.76. The molecule has 0 aliphatic heterocycles. The van der Waals surface area contributed by atoms with E-state index in [9.17, 15) is 8.42 Å². The highest BCUT2D eigenvalue weighted by molar-refractivity contribution is 9.11. The number of aryl methyl sites for hydroxylation is 1. The second-order valence-corrected chi connectivity index (χ2v) is 10.6. The number of fused-ring (bicyclic) bond motifs is 1. The van der Waals surface area contributed by atoms with Crippen molar-refractivity contribution in [1.82, 2.24) is 9.97 Å². The van der Waals surface area contributed by atoms with Crippen LogP contribution in [0.15, 0.2) is 68.7 Å². The van der Waals surface area contributed by atoms with Crippen LogP contribution in [0.1, 0.15) is 12.5 Å². The van der Waals surface area contributed by atoms with Crippen molar-refractivity contribution in [3.8, 4) is 0 Å². The fourth-order valence-electron chi connectivity index (χ4n) is 2.74. The first-order valence-corrected chi connectivity index (χ1v) is 11.9. The Bertz CT molecular complexity index is 1270. The third-order valence-corrected chi connectivity index (χ3v) is 7.69. The van der Waals surface area contributed by atoms with Gasteiger partial charge < -0.3 is 5.32 Å². The highest BCUT2D eigenvalue weighted by atomic mass is 79.9. The van der Waals surface area contributed by atoms with Crippen molar-refractivity contribution in [3.05, 3.63) is 70.0 Å². The lowest BCUT2D eigenvalue weighted by molar-refractivity contribution is 0.603. The molecule has 29 heavy (non-hydrogen) atoms. The first kappa shape index (κ1) is 19.8. The predicted octanol–water partition coefficient (Wildman–Crippen LogP) is 5.56. The van der Waals surface area contributed by atoms with E-state index in [2.05, 4.69) is 42.9 Å². The summed E-state index contributed by atoms with van der Waals surface area (Å²) in [6.07, 6.45) is 0.942. The Balaban J connectivity index is 1.75. The molecule has 4 rings (SSSR count). The zero-order valence-electron chi connectivity index (χ0n) is 15.4. The SMILES string of the molecule is CCc1ccc(Nc2nc3ccccc3nc2NS(=O)(=O)c2ccc(Br)s2)cc1. The maximum atomic E-state index is 12.8. The molecule has 0 aliphatic rings. The third-order valence-electron chi connectivity index (χ3n) is 4.24. The molecule has 0 spiro atoms. The maximum absolute atomic E-state index is 12.8. The number of sulfonamides is 1. The Kier molecular flexibility index (Phi) is 5.53. The highest BCUT2D eigenvalue weighted by Gasteiger charge is 2.20. The lowest BCUT2D eigenvalue weighted by atomic mass is 10.1. The van der Waals surface area contributed by atoms with Crippen molar-refractivity contribution in [1.29, 1.82) is 0 Å². The number of halogens is 1. The van der Waals surface area contributed by atoms with Crippen LogP contribution in [0.25, 0.3) is 11.0 Å². The molecule has 0 unspecified atom stereocenters. The number of rotatable bonds is 6. The number of anilines is 3. The molecule has 0 bridgehead atoms. The molecular weight excluding hydrogens is 472 g/mol. The summed E-state index contributed by atoms with van der Waals surface area (Å²) in [6, 6.07) is 18.5. The van der Waals surface area contributed by atoms with Crippen LogP contribution in [0.5, 0.6) is 0 Å². The molecule has 4 aromatic rings. The summed E-state index contributed by atoms with van der Waals surface area (Å²) in [6.45, 7) is 2.09. The minimum Gasteiger partial charge on any atom is -0.337 e. The number of nitrogens with zero attached hydrogens (tertiary/aromatic N) is 2. The number of benzene rings is 2. The summed E-state index contributed by atoms with van der Waals surface area (Å²) >= 11 is 4.43. The highest BCUT2D eigenvalue weighted by Crippen LogP contribution is 2.30. The van der Waals surface area contributed by atoms with E-state index in [0.29, 0.717) is 16.9 Å². The van der Waals surface area contributed by atoms with Gasteiger partial charge in [0.15, 0.2) is 11.6 Å². The average molecular weight is 489 g/mol. The Morgan fingerprint density at radius 3 is 2.17 bits per heavy atom. The van der Waals surface area contributed by atoms with Gasteiger partial charge in [0.25, 0.3) is 10.0 Å². The Hall–Kier alpha value is -2.49. The molecule has 0 radical (unpaired) electrons. The van der Waals surface area contributed by atoms with E-state index in [0.717, 1.165) is 27.2 Å². The molecule has 9 heteroatoms. The first-order chi connectivity index (χ1) is 13.9. The van der Waals surface area contributed by atoms with Gasteiger partial charge in [-0.05, 0) is 64.3 Å². The maximum Gasteiger partial charge on any atom is 0.272 e. The largest absolute Gasteiger partial charge is 0.337 e. The Morgan fingerprint density at radius 2 is 1.59 bits per heavy atom. The summed E-state index contributed by atoms with van der Waals surface area (Å²) in [7, 11) is -3.79. The van der Waals surface area contributed by atoms with Gasteiger partial charge in [0.05, 0.1) is 14.8 Å². The lowest BCUT2D eigenvalue weighted by Crippen LogP contribution is -2.15. The van der Waals surface area contributed by atoms with E-state index in [4.69, 9.17) is 0 Å².